The van der Waals surface area contributed by atoms with Crippen LogP contribution in [-0.4, -0.2) is 113 Å². The van der Waals surface area contributed by atoms with Gasteiger partial charge in [-0.25, -0.2) is 9.59 Å². The molecule has 0 bridgehead atoms. The minimum atomic E-state index is -1.15. The molecule has 0 aromatic heterocycles. The fourth-order valence-electron chi connectivity index (χ4n) is 6.69. The molecule has 14 nitrogen and oxygen atoms in total. The molecule has 2 fully saturated rings. The number of carboxylic acids is 1. The first kappa shape index (κ1) is 41.7. The van der Waals surface area contributed by atoms with Crippen LogP contribution in [0.3, 0.4) is 0 Å². The number of carbonyl (C=O) groups excluding carboxylic acids is 4. The molecule has 53 heavy (non-hydrogen) atoms. The number of amides is 3. The highest BCUT2D eigenvalue weighted by Crippen LogP contribution is 2.52. The van der Waals surface area contributed by atoms with Crippen LogP contribution in [0.4, 0.5) is 4.79 Å². The number of nitrogens with one attached hydrogen (secondary N) is 3. The van der Waals surface area contributed by atoms with Crippen molar-refractivity contribution >= 4 is 29.7 Å². The second kappa shape index (κ2) is 23.6. The van der Waals surface area contributed by atoms with Gasteiger partial charge in [0.25, 0.3) is 0 Å². The van der Waals surface area contributed by atoms with Crippen molar-refractivity contribution in [3.05, 3.63) is 35.9 Å². The summed E-state index contributed by atoms with van der Waals surface area (Å²) in [6.07, 6.45) is 5.61. The van der Waals surface area contributed by atoms with E-state index in [1.165, 1.54) is 0 Å². The van der Waals surface area contributed by atoms with Crippen molar-refractivity contribution in [1.82, 2.24) is 16.0 Å². The fourth-order valence-corrected chi connectivity index (χ4v) is 6.69. The molecule has 292 valence electrons. The van der Waals surface area contributed by atoms with Crippen molar-refractivity contribution in [1.29, 1.82) is 0 Å². The third-order valence-electron chi connectivity index (χ3n) is 9.81. The van der Waals surface area contributed by atoms with E-state index in [0.717, 1.165) is 37.7 Å². The highest BCUT2D eigenvalue weighted by molar-refractivity contribution is 5.88. The van der Waals surface area contributed by atoms with Gasteiger partial charge in [0.05, 0.1) is 66.0 Å². The van der Waals surface area contributed by atoms with Gasteiger partial charge in [0, 0.05) is 44.6 Å². The average molecular weight is 742 g/mol. The van der Waals surface area contributed by atoms with Gasteiger partial charge in [-0.05, 0) is 54.9 Å². The Morgan fingerprint density at radius 3 is 2.04 bits per heavy atom. The summed E-state index contributed by atoms with van der Waals surface area (Å²) in [5, 5.41) is 17.1. The van der Waals surface area contributed by atoms with Crippen LogP contribution in [-0.2, 0) is 49.3 Å². The first-order valence-electron chi connectivity index (χ1n) is 18.8. The Labute approximate surface area is 311 Å². The summed E-state index contributed by atoms with van der Waals surface area (Å²) in [5.41, 5.74) is 0.778. The Kier molecular flexibility index (Phi) is 18.6. The number of hydrogen-bond donors (Lipinski definition) is 4. The second-order valence-electron chi connectivity index (χ2n) is 13.7. The number of benzene rings is 1. The molecule has 3 amide bonds. The van der Waals surface area contributed by atoms with E-state index in [-0.39, 0.29) is 42.9 Å². The lowest BCUT2D eigenvalue weighted by Crippen LogP contribution is -2.46. The van der Waals surface area contributed by atoms with E-state index >= 15 is 0 Å². The molecule has 6 atom stereocenters. The van der Waals surface area contributed by atoms with Gasteiger partial charge in [0.15, 0.2) is 0 Å². The van der Waals surface area contributed by atoms with Crippen LogP contribution in [0.15, 0.2) is 30.3 Å². The summed E-state index contributed by atoms with van der Waals surface area (Å²) < 4.78 is 27.3. The normalized spacial score (nSPS) is 21.7. The average Bonchev–Trinajstić information content (AvgIpc) is 4.06. The van der Waals surface area contributed by atoms with Crippen molar-refractivity contribution < 1.29 is 52.8 Å². The first-order chi connectivity index (χ1) is 25.8. The summed E-state index contributed by atoms with van der Waals surface area (Å²) in [7, 11) is 0. The molecule has 0 aliphatic heterocycles. The first-order valence-corrected chi connectivity index (χ1v) is 18.8. The van der Waals surface area contributed by atoms with Gasteiger partial charge in [0.2, 0.25) is 11.8 Å². The Balaban J connectivity index is 0.870. The van der Waals surface area contributed by atoms with Crippen molar-refractivity contribution in [3.8, 4) is 11.8 Å². The van der Waals surface area contributed by atoms with E-state index in [9.17, 15) is 29.1 Å². The highest BCUT2D eigenvalue weighted by atomic mass is 16.6. The summed E-state index contributed by atoms with van der Waals surface area (Å²) in [5.74, 6) is 6.30. The number of hydrogen-bond acceptors (Lipinski definition) is 10. The van der Waals surface area contributed by atoms with Crippen molar-refractivity contribution in [3.63, 3.8) is 0 Å². The second-order valence-corrected chi connectivity index (χ2v) is 13.7. The molecule has 0 heterocycles. The highest BCUT2D eigenvalue weighted by Gasteiger charge is 2.49. The van der Waals surface area contributed by atoms with Crippen LogP contribution in [0.1, 0.15) is 56.9 Å². The molecule has 1 aromatic carbocycles. The van der Waals surface area contributed by atoms with E-state index < -0.39 is 24.0 Å². The summed E-state index contributed by atoms with van der Waals surface area (Å²) in [4.78, 5) is 60.4. The van der Waals surface area contributed by atoms with E-state index in [1.54, 1.807) is 24.3 Å². The number of carbonyl (C=O) groups is 5. The predicted molar refractivity (Wildman–Crippen MR) is 193 cm³/mol. The molecule has 2 unspecified atom stereocenters. The number of rotatable bonds is 27. The van der Waals surface area contributed by atoms with E-state index in [2.05, 4.69) is 27.8 Å². The quantitative estimate of drug-likeness (QED) is 0.0767. The van der Waals surface area contributed by atoms with E-state index in [1.807, 2.05) is 6.07 Å². The maximum absolute atomic E-state index is 12.5. The summed E-state index contributed by atoms with van der Waals surface area (Å²) >= 11 is 0. The van der Waals surface area contributed by atoms with Gasteiger partial charge in [-0.1, -0.05) is 30.3 Å². The predicted octanol–water partition coefficient (Wildman–Crippen LogP) is 2.52. The molecule has 2 saturated carbocycles. The molecule has 0 radical (unpaired) electrons. The molecule has 14 heteroatoms. The maximum atomic E-state index is 12.5. The minimum Gasteiger partial charge on any atom is -0.480 e. The molecule has 3 aliphatic rings. The van der Waals surface area contributed by atoms with Gasteiger partial charge in [-0.3, -0.25) is 14.4 Å². The number of alkyl carbamates (subject to hydrolysis) is 1. The van der Waals surface area contributed by atoms with Crippen LogP contribution in [0.5, 0.6) is 0 Å². The number of aliphatic carboxylic acids is 1. The number of fused-ring (bicyclic) bond motifs is 1. The molecule has 4 N–H and O–H groups in total. The third kappa shape index (κ3) is 16.7. The molecular formula is C39H55N3O11. The molecule has 0 spiro atoms. The maximum Gasteiger partial charge on any atom is 0.407 e. The van der Waals surface area contributed by atoms with Gasteiger partial charge in [-0.15, -0.1) is 11.8 Å². The van der Waals surface area contributed by atoms with Crippen LogP contribution < -0.4 is 16.0 Å². The van der Waals surface area contributed by atoms with Crippen molar-refractivity contribution in [2.45, 2.75) is 63.8 Å². The topological polar surface area (TPSA) is 188 Å². The Hall–Kier alpha value is -4.03. The van der Waals surface area contributed by atoms with Crippen LogP contribution in [0.2, 0.25) is 0 Å². The van der Waals surface area contributed by atoms with Gasteiger partial charge >= 0.3 is 12.1 Å². The van der Waals surface area contributed by atoms with Gasteiger partial charge in [-0.2, -0.15) is 0 Å². The smallest absolute Gasteiger partial charge is 0.407 e. The summed E-state index contributed by atoms with van der Waals surface area (Å²) in [6, 6.07) is 7.88. The fraction of sp³-hybridized carbons (Fsp3) is 0.667. The third-order valence-corrected chi connectivity index (χ3v) is 9.81. The number of ether oxygens (including phenoxy) is 5. The largest absolute Gasteiger partial charge is 0.480 e. The van der Waals surface area contributed by atoms with Gasteiger partial charge < -0.3 is 44.7 Å². The molecule has 4 rings (SSSR count). The Morgan fingerprint density at radius 1 is 0.774 bits per heavy atom. The zero-order valence-corrected chi connectivity index (χ0v) is 30.5. The number of Topliss-reactive ketones (excluding diaryl/α,β-unsaturated/α-hetero) is 1. The molecule has 3 aliphatic carbocycles. The standard InChI is InChI=1S/C39H55N3O11/c43-35(32-25-29(32)12-13-36(44)41-26-37(45)42-34(38(46)47)24-28-8-4-3-5-9-28)14-16-49-18-20-51-22-23-52-21-19-50-17-15-40-39(48)53-27-33-30-10-6-1-2-7-11-31(30)33/h3-5,8-9,29-34H,6-7,10-27H2,(H,40,48)(H,41,44)(H,42,45)(H,46,47)/t29?,30-,31+,32?,33-,34-/m0/s1. The lowest BCUT2D eigenvalue weighted by atomic mass is 10.1. The van der Waals surface area contributed by atoms with Crippen LogP contribution >= 0.6 is 0 Å². The monoisotopic (exact) mass is 741 g/mol. The lowest BCUT2D eigenvalue weighted by molar-refractivity contribution is -0.141. The Morgan fingerprint density at radius 2 is 1.40 bits per heavy atom. The van der Waals surface area contributed by atoms with Crippen LogP contribution in [0.25, 0.3) is 0 Å². The Bertz CT molecular complexity index is 1360. The zero-order chi connectivity index (χ0) is 37.7. The molecular weight excluding hydrogens is 686 g/mol. The minimum absolute atomic E-state index is 0.0680. The molecule has 0 saturated heterocycles. The SMILES string of the molecule is O=C(CCC1CC1C(=O)CCOCCOCCOCCOCCNC(=O)OC[C@@H]1[C@@H]2CCC#CCC[C@@H]21)NCC(=O)N[C@@H](Cc1ccccc1)C(=O)O. The number of ketones is 1. The van der Waals surface area contributed by atoms with Crippen LogP contribution in [0, 0.1) is 41.4 Å². The van der Waals surface area contributed by atoms with E-state index in [4.69, 9.17) is 23.7 Å². The van der Waals surface area contributed by atoms with Crippen molar-refractivity contribution in [2.24, 2.45) is 29.6 Å². The van der Waals surface area contributed by atoms with Crippen molar-refractivity contribution in [2.75, 3.05) is 72.6 Å². The summed E-state index contributed by atoms with van der Waals surface area (Å²) in [6.45, 7) is 3.59. The van der Waals surface area contributed by atoms with Gasteiger partial charge in [0.1, 0.15) is 11.8 Å². The number of carboxylic acid groups (broad SMARTS) is 1. The molecule has 1 aromatic rings. The van der Waals surface area contributed by atoms with E-state index in [0.29, 0.717) is 96.6 Å². The zero-order valence-electron chi connectivity index (χ0n) is 30.5. The lowest BCUT2D eigenvalue weighted by Gasteiger charge is -2.15.